The lowest BCUT2D eigenvalue weighted by atomic mass is 10.1. The number of alkyl halides is 3. The molecular formula is C16H14Cl3N3OS. The monoisotopic (exact) mass is 401 g/mol. The molecule has 8 heteroatoms. The Morgan fingerprint density at radius 3 is 2.46 bits per heavy atom. The highest BCUT2D eigenvalue weighted by molar-refractivity contribution is 7.80. The van der Waals surface area contributed by atoms with E-state index in [4.69, 9.17) is 47.0 Å². The fraction of sp³-hybridized carbons (Fsp3) is 0.188. The van der Waals surface area contributed by atoms with Crippen LogP contribution in [0.15, 0.2) is 48.8 Å². The first-order chi connectivity index (χ1) is 11.3. The number of carbonyl (C=O) groups is 1. The number of nitrogens with one attached hydrogen (secondary N) is 2. The van der Waals surface area contributed by atoms with Crippen molar-refractivity contribution in [1.82, 2.24) is 15.6 Å². The van der Waals surface area contributed by atoms with Gasteiger partial charge in [0.2, 0.25) is 3.79 Å². The van der Waals surface area contributed by atoms with Crippen LogP contribution in [-0.2, 0) is 0 Å². The quantitative estimate of drug-likeness (QED) is 0.464. The predicted octanol–water partition coefficient (Wildman–Crippen LogP) is 3.78. The minimum absolute atomic E-state index is 0.310. The van der Waals surface area contributed by atoms with Gasteiger partial charge in [0.15, 0.2) is 0 Å². The molecule has 0 spiro atoms. The number of hydrogen-bond acceptors (Lipinski definition) is 3. The van der Waals surface area contributed by atoms with Gasteiger partial charge in [0.25, 0.3) is 5.91 Å². The molecule has 1 atom stereocenters. The van der Waals surface area contributed by atoms with E-state index in [-0.39, 0.29) is 5.91 Å². The molecule has 1 heterocycles. The zero-order valence-electron chi connectivity index (χ0n) is 12.6. The van der Waals surface area contributed by atoms with Crippen LogP contribution in [0, 0.1) is 6.92 Å². The van der Waals surface area contributed by atoms with Gasteiger partial charge >= 0.3 is 0 Å². The predicted molar refractivity (Wildman–Crippen MR) is 102 cm³/mol. The molecular weight excluding hydrogens is 389 g/mol. The summed E-state index contributed by atoms with van der Waals surface area (Å²) in [5.74, 6) is -0.370. The molecule has 1 amide bonds. The number of hydrogen-bond donors (Lipinski definition) is 2. The molecule has 126 valence electrons. The Morgan fingerprint density at radius 2 is 1.88 bits per heavy atom. The number of carbonyl (C=O) groups excluding carboxylic acids is 1. The standard InChI is InChI=1S/C16H14Cl3N3OS/c1-10-5-2-3-7-12(10)13(23)21-15(16(17,18)19)22-14(24)11-6-4-8-20-9-11/h2-9,15H,1H3,(H,21,23)(H,22,24). The van der Waals surface area contributed by atoms with Crippen molar-refractivity contribution < 1.29 is 4.79 Å². The first-order valence-electron chi connectivity index (χ1n) is 6.93. The van der Waals surface area contributed by atoms with Gasteiger partial charge in [-0.05, 0) is 30.7 Å². The van der Waals surface area contributed by atoms with E-state index in [0.29, 0.717) is 16.1 Å². The maximum absolute atomic E-state index is 12.5. The van der Waals surface area contributed by atoms with Crippen LogP contribution in [0.25, 0.3) is 0 Å². The number of aryl methyl sites for hydroxylation is 1. The Labute approximate surface area is 160 Å². The second-order valence-corrected chi connectivity index (χ2v) is 7.76. The van der Waals surface area contributed by atoms with Crippen LogP contribution >= 0.6 is 47.0 Å². The Morgan fingerprint density at radius 1 is 1.17 bits per heavy atom. The van der Waals surface area contributed by atoms with Crippen molar-refractivity contribution in [2.45, 2.75) is 16.9 Å². The van der Waals surface area contributed by atoms with Gasteiger partial charge in [-0.2, -0.15) is 0 Å². The number of amides is 1. The van der Waals surface area contributed by atoms with Gasteiger partial charge in [-0.1, -0.05) is 65.2 Å². The highest BCUT2D eigenvalue weighted by Gasteiger charge is 2.35. The smallest absolute Gasteiger partial charge is 0.253 e. The number of thiocarbonyl (C=S) groups is 1. The Balaban J connectivity index is 2.16. The van der Waals surface area contributed by atoms with Crippen molar-refractivity contribution >= 4 is 57.9 Å². The topological polar surface area (TPSA) is 54.0 Å². The van der Waals surface area contributed by atoms with Crippen molar-refractivity contribution in [1.29, 1.82) is 0 Å². The minimum atomic E-state index is -1.80. The Bertz CT molecular complexity index is 735. The van der Waals surface area contributed by atoms with E-state index < -0.39 is 9.96 Å². The molecule has 4 nitrogen and oxygen atoms in total. The van der Waals surface area contributed by atoms with Gasteiger partial charge < -0.3 is 10.6 Å². The third-order valence-corrected chi connectivity index (χ3v) is 4.20. The molecule has 2 N–H and O–H groups in total. The van der Waals surface area contributed by atoms with Crippen LogP contribution in [0.4, 0.5) is 0 Å². The molecule has 0 radical (unpaired) electrons. The van der Waals surface area contributed by atoms with Gasteiger partial charge in [0.05, 0.1) is 0 Å². The molecule has 0 aliphatic heterocycles. The molecule has 0 aliphatic rings. The van der Waals surface area contributed by atoms with Crippen molar-refractivity contribution in [3.05, 3.63) is 65.5 Å². The lowest BCUT2D eigenvalue weighted by Gasteiger charge is -2.27. The fourth-order valence-corrected chi connectivity index (χ4v) is 2.51. The van der Waals surface area contributed by atoms with E-state index in [1.807, 2.05) is 19.1 Å². The number of halogens is 3. The summed E-state index contributed by atoms with van der Waals surface area (Å²) in [6.07, 6.45) is 2.19. The minimum Gasteiger partial charge on any atom is -0.352 e. The molecule has 1 aromatic heterocycles. The van der Waals surface area contributed by atoms with E-state index in [1.54, 1.807) is 36.7 Å². The third kappa shape index (κ3) is 5.05. The van der Waals surface area contributed by atoms with Crippen LogP contribution in [-0.4, -0.2) is 25.8 Å². The van der Waals surface area contributed by atoms with Crippen LogP contribution in [0.5, 0.6) is 0 Å². The highest BCUT2D eigenvalue weighted by atomic mass is 35.6. The molecule has 2 aromatic rings. The number of aromatic nitrogens is 1. The molecule has 24 heavy (non-hydrogen) atoms. The maximum Gasteiger partial charge on any atom is 0.253 e. The van der Waals surface area contributed by atoms with Gasteiger partial charge in [0, 0.05) is 23.5 Å². The van der Waals surface area contributed by atoms with Crippen molar-refractivity contribution in [2.24, 2.45) is 0 Å². The highest BCUT2D eigenvalue weighted by Crippen LogP contribution is 2.29. The third-order valence-electron chi connectivity index (χ3n) is 3.19. The maximum atomic E-state index is 12.5. The van der Waals surface area contributed by atoms with Crippen molar-refractivity contribution in [3.8, 4) is 0 Å². The van der Waals surface area contributed by atoms with Crippen LogP contribution < -0.4 is 10.6 Å². The average Bonchev–Trinajstić information content (AvgIpc) is 2.54. The summed E-state index contributed by atoms with van der Waals surface area (Å²) in [7, 11) is 0. The molecule has 0 fully saturated rings. The van der Waals surface area contributed by atoms with Gasteiger partial charge in [0.1, 0.15) is 11.2 Å². The number of nitrogens with zero attached hydrogens (tertiary/aromatic N) is 1. The average molecular weight is 403 g/mol. The SMILES string of the molecule is Cc1ccccc1C(=O)NC(NC(=S)c1cccnc1)C(Cl)(Cl)Cl. The summed E-state index contributed by atoms with van der Waals surface area (Å²) in [6.45, 7) is 1.83. The van der Waals surface area contributed by atoms with E-state index in [2.05, 4.69) is 15.6 Å². The number of rotatable bonds is 4. The van der Waals surface area contributed by atoms with Crippen LogP contribution in [0.1, 0.15) is 21.5 Å². The fourth-order valence-electron chi connectivity index (χ4n) is 1.95. The van der Waals surface area contributed by atoms with E-state index >= 15 is 0 Å². The zero-order valence-corrected chi connectivity index (χ0v) is 15.7. The molecule has 1 aromatic carbocycles. The van der Waals surface area contributed by atoms with E-state index in [9.17, 15) is 4.79 Å². The normalized spacial score (nSPS) is 12.3. The number of pyridine rings is 1. The van der Waals surface area contributed by atoms with Crippen LogP contribution in [0.3, 0.4) is 0 Å². The summed E-state index contributed by atoms with van der Waals surface area (Å²) in [4.78, 5) is 16.7. The summed E-state index contributed by atoms with van der Waals surface area (Å²) < 4.78 is -1.80. The molecule has 0 saturated carbocycles. The Hall–Kier alpha value is -1.40. The summed E-state index contributed by atoms with van der Waals surface area (Å²) in [5, 5.41) is 5.52. The molecule has 2 rings (SSSR count). The van der Waals surface area contributed by atoms with Crippen LogP contribution in [0.2, 0.25) is 0 Å². The van der Waals surface area contributed by atoms with Crippen molar-refractivity contribution in [3.63, 3.8) is 0 Å². The Kier molecular flexibility index (Phi) is 6.40. The molecule has 1 unspecified atom stereocenters. The second kappa shape index (κ2) is 8.12. The largest absolute Gasteiger partial charge is 0.352 e. The zero-order chi connectivity index (χ0) is 17.7. The lowest BCUT2D eigenvalue weighted by molar-refractivity contribution is 0.0934. The summed E-state index contributed by atoms with van der Waals surface area (Å²) in [5.41, 5.74) is 1.95. The van der Waals surface area contributed by atoms with Crippen molar-refractivity contribution in [2.75, 3.05) is 0 Å². The van der Waals surface area contributed by atoms with Gasteiger partial charge in [-0.3, -0.25) is 9.78 Å². The molecule has 0 bridgehead atoms. The second-order valence-electron chi connectivity index (χ2n) is 4.98. The molecule has 0 saturated heterocycles. The summed E-state index contributed by atoms with van der Waals surface area (Å²) in [6, 6.07) is 10.6. The lowest BCUT2D eigenvalue weighted by Crippen LogP contribution is -2.55. The first kappa shape index (κ1) is 18.9. The molecule has 0 aliphatic carbocycles. The first-order valence-corrected chi connectivity index (χ1v) is 8.47. The van der Waals surface area contributed by atoms with Gasteiger partial charge in [-0.25, -0.2) is 0 Å². The van der Waals surface area contributed by atoms with E-state index in [0.717, 1.165) is 5.56 Å². The number of benzene rings is 1. The van der Waals surface area contributed by atoms with Gasteiger partial charge in [-0.15, -0.1) is 0 Å². The van der Waals surface area contributed by atoms with E-state index in [1.165, 1.54) is 0 Å². The summed E-state index contributed by atoms with van der Waals surface area (Å²) >= 11 is 23.2.